The van der Waals surface area contributed by atoms with Crippen molar-refractivity contribution in [2.75, 3.05) is 7.11 Å². The van der Waals surface area contributed by atoms with Crippen LogP contribution in [0.2, 0.25) is 0 Å². The first-order valence-electron chi connectivity index (χ1n) is 5.61. The number of hydrogen-bond acceptors (Lipinski definition) is 3. The minimum Gasteiger partial charge on any atom is -0.468 e. The van der Waals surface area contributed by atoms with Gasteiger partial charge in [0.05, 0.1) is 7.11 Å². The zero-order valence-corrected chi connectivity index (χ0v) is 10.3. The molecular formula is C13H20O3. The largest absolute Gasteiger partial charge is 0.468 e. The van der Waals surface area contributed by atoms with Crippen LogP contribution in [0, 0.1) is 24.2 Å². The number of hydrogen-bond donors (Lipinski definition) is 0. The van der Waals surface area contributed by atoms with Crippen molar-refractivity contribution in [1.29, 1.82) is 0 Å². The van der Waals surface area contributed by atoms with Gasteiger partial charge in [-0.3, -0.25) is 9.59 Å². The van der Waals surface area contributed by atoms with Crippen LogP contribution in [0.1, 0.15) is 39.5 Å². The van der Waals surface area contributed by atoms with E-state index in [1.165, 1.54) is 14.0 Å². The van der Waals surface area contributed by atoms with E-state index < -0.39 is 11.9 Å². The van der Waals surface area contributed by atoms with E-state index in [0.29, 0.717) is 12.8 Å². The molecule has 0 bridgehead atoms. The Morgan fingerprint density at radius 2 is 1.94 bits per heavy atom. The SMILES string of the molecule is C#CC(CCC)CCC(C(C)=O)C(=O)OC. The summed E-state index contributed by atoms with van der Waals surface area (Å²) in [5.41, 5.74) is 0. The van der Waals surface area contributed by atoms with Gasteiger partial charge in [-0.1, -0.05) is 13.3 Å². The first-order chi connectivity index (χ1) is 7.56. The van der Waals surface area contributed by atoms with Gasteiger partial charge in [-0.2, -0.15) is 0 Å². The lowest BCUT2D eigenvalue weighted by atomic mass is 9.91. The second-order valence-electron chi connectivity index (χ2n) is 3.92. The normalized spacial score (nSPS) is 13.6. The number of rotatable bonds is 7. The first kappa shape index (κ1) is 14.7. The van der Waals surface area contributed by atoms with Gasteiger partial charge in [0.15, 0.2) is 0 Å². The van der Waals surface area contributed by atoms with Crippen LogP contribution in [-0.2, 0) is 14.3 Å². The molecule has 0 radical (unpaired) electrons. The van der Waals surface area contributed by atoms with Crippen molar-refractivity contribution < 1.29 is 14.3 Å². The van der Waals surface area contributed by atoms with Crippen LogP contribution in [0.3, 0.4) is 0 Å². The van der Waals surface area contributed by atoms with Crippen molar-refractivity contribution in [3.05, 3.63) is 0 Å². The zero-order valence-electron chi connectivity index (χ0n) is 10.3. The van der Waals surface area contributed by atoms with Gasteiger partial charge in [-0.05, 0) is 26.2 Å². The van der Waals surface area contributed by atoms with Crippen LogP contribution in [0.15, 0.2) is 0 Å². The second-order valence-corrected chi connectivity index (χ2v) is 3.92. The van der Waals surface area contributed by atoms with Gasteiger partial charge in [0.2, 0.25) is 0 Å². The molecule has 16 heavy (non-hydrogen) atoms. The highest BCUT2D eigenvalue weighted by atomic mass is 16.5. The summed E-state index contributed by atoms with van der Waals surface area (Å²) < 4.78 is 4.59. The summed E-state index contributed by atoms with van der Waals surface area (Å²) in [6, 6.07) is 0. The maximum Gasteiger partial charge on any atom is 0.316 e. The van der Waals surface area contributed by atoms with Gasteiger partial charge >= 0.3 is 5.97 Å². The molecule has 0 aromatic rings. The van der Waals surface area contributed by atoms with Gasteiger partial charge < -0.3 is 4.74 Å². The predicted molar refractivity (Wildman–Crippen MR) is 62.7 cm³/mol. The van der Waals surface area contributed by atoms with E-state index in [1.54, 1.807) is 0 Å². The molecule has 0 spiro atoms. The summed E-state index contributed by atoms with van der Waals surface area (Å²) in [4.78, 5) is 22.6. The monoisotopic (exact) mass is 224 g/mol. The Hall–Kier alpha value is -1.30. The van der Waals surface area contributed by atoms with E-state index >= 15 is 0 Å². The lowest BCUT2D eigenvalue weighted by molar-refractivity contribution is -0.149. The van der Waals surface area contributed by atoms with Gasteiger partial charge in [-0.25, -0.2) is 0 Å². The number of Topliss-reactive ketones (excluding diaryl/α,β-unsaturated/α-hetero) is 1. The highest BCUT2D eigenvalue weighted by Crippen LogP contribution is 2.18. The summed E-state index contributed by atoms with van der Waals surface area (Å²) in [6.07, 6.45) is 8.50. The van der Waals surface area contributed by atoms with Crippen LogP contribution >= 0.6 is 0 Å². The molecule has 3 nitrogen and oxygen atoms in total. The van der Waals surface area contributed by atoms with E-state index in [1.807, 2.05) is 0 Å². The summed E-state index contributed by atoms with van der Waals surface area (Å²) in [7, 11) is 1.29. The minimum absolute atomic E-state index is 0.150. The fourth-order valence-corrected chi connectivity index (χ4v) is 1.66. The van der Waals surface area contributed by atoms with E-state index in [4.69, 9.17) is 6.42 Å². The predicted octanol–water partition coefficient (Wildman–Crippen LogP) is 2.19. The average Bonchev–Trinajstić information content (AvgIpc) is 2.26. The van der Waals surface area contributed by atoms with Crippen LogP contribution in [0.5, 0.6) is 0 Å². The summed E-state index contributed by atoms with van der Waals surface area (Å²) in [5.74, 6) is 1.57. The smallest absolute Gasteiger partial charge is 0.316 e. The molecule has 0 fully saturated rings. The van der Waals surface area contributed by atoms with Gasteiger partial charge in [-0.15, -0.1) is 12.3 Å². The average molecular weight is 224 g/mol. The Morgan fingerprint density at radius 3 is 2.31 bits per heavy atom. The van der Waals surface area contributed by atoms with E-state index in [-0.39, 0.29) is 11.7 Å². The van der Waals surface area contributed by atoms with Gasteiger partial charge in [0.1, 0.15) is 11.7 Å². The van der Waals surface area contributed by atoms with Crippen LogP contribution < -0.4 is 0 Å². The molecule has 0 rings (SSSR count). The summed E-state index contributed by atoms with van der Waals surface area (Å²) in [5, 5.41) is 0. The van der Waals surface area contributed by atoms with Crippen LogP contribution in [0.25, 0.3) is 0 Å². The molecular weight excluding hydrogens is 204 g/mol. The molecule has 0 heterocycles. The second kappa shape index (κ2) is 7.92. The van der Waals surface area contributed by atoms with Crippen molar-refractivity contribution in [3.8, 4) is 12.3 Å². The number of carbonyl (C=O) groups excluding carboxylic acids is 2. The molecule has 0 aromatic carbocycles. The van der Waals surface area contributed by atoms with Crippen molar-refractivity contribution in [2.24, 2.45) is 11.8 Å². The number of esters is 1. The number of methoxy groups -OCH3 is 1. The maximum absolute atomic E-state index is 11.3. The van der Waals surface area contributed by atoms with E-state index in [0.717, 1.165) is 12.8 Å². The van der Waals surface area contributed by atoms with Gasteiger partial charge in [0.25, 0.3) is 0 Å². The third-order valence-corrected chi connectivity index (χ3v) is 2.65. The Kier molecular flexibility index (Phi) is 7.28. The molecule has 0 aromatic heterocycles. The van der Waals surface area contributed by atoms with E-state index in [9.17, 15) is 9.59 Å². The van der Waals surface area contributed by atoms with E-state index in [2.05, 4.69) is 17.6 Å². The number of carbonyl (C=O) groups is 2. The molecule has 0 aliphatic carbocycles. The molecule has 0 saturated heterocycles. The molecule has 3 heteroatoms. The summed E-state index contributed by atoms with van der Waals surface area (Å²) in [6.45, 7) is 3.47. The molecule has 2 atom stereocenters. The third kappa shape index (κ3) is 4.97. The van der Waals surface area contributed by atoms with Gasteiger partial charge in [0, 0.05) is 5.92 Å². The number of ether oxygens (including phenoxy) is 1. The van der Waals surface area contributed by atoms with Crippen molar-refractivity contribution in [1.82, 2.24) is 0 Å². The van der Waals surface area contributed by atoms with Crippen molar-refractivity contribution >= 4 is 11.8 Å². The van der Waals surface area contributed by atoms with Crippen LogP contribution in [0.4, 0.5) is 0 Å². The standard InChI is InChI=1S/C13H20O3/c1-5-7-11(6-2)8-9-12(10(3)14)13(15)16-4/h2,11-12H,5,7-9H2,1,3-4H3. The Balaban J connectivity index is 4.27. The summed E-state index contributed by atoms with van der Waals surface area (Å²) >= 11 is 0. The molecule has 90 valence electrons. The lowest BCUT2D eigenvalue weighted by Crippen LogP contribution is -2.24. The molecule has 0 aliphatic rings. The highest BCUT2D eigenvalue weighted by molar-refractivity contribution is 5.97. The number of terminal acetylenes is 1. The Labute approximate surface area is 97.6 Å². The third-order valence-electron chi connectivity index (χ3n) is 2.65. The quantitative estimate of drug-likeness (QED) is 0.378. The molecule has 2 unspecified atom stereocenters. The highest BCUT2D eigenvalue weighted by Gasteiger charge is 2.24. The Bertz CT molecular complexity index is 275. The van der Waals surface area contributed by atoms with Crippen LogP contribution in [-0.4, -0.2) is 18.9 Å². The van der Waals surface area contributed by atoms with Crippen molar-refractivity contribution in [2.45, 2.75) is 39.5 Å². The minimum atomic E-state index is -0.655. The molecule has 0 aliphatic heterocycles. The lowest BCUT2D eigenvalue weighted by Gasteiger charge is -2.14. The molecule has 0 N–H and O–H groups in total. The first-order valence-corrected chi connectivity index (χ1v) is 5.61. The number of ketones is 1. The zero-order chi connectivity index (χ0) is 12.6. The maximum atomic E-state index is 11.3. The fourth-order valence-electron chi connectivity index (χ4n) is 1.66. The fraction of sp³-hybridized carbons (Fsp3) is 0.692. The Morgan fingerprint density at radius 1 is 1.31 bits per heavy atom. The molecule has 0 saturated carbocycles. The topological polar surface area (TPSA) is 43.4 Å². The van der Waals surface area contributed by atoms with Crippen molar-refractivity contribution in [3.63, 3.8) is 0 Å². The molecule has 0 amide bonds.